The Labute approximate surface area is 200 Å². The van der Waals surface area contributed by atoms with Gasteiger partial charge >= 0.3 is 5.97 Å². The normalized spacial score (nSPS) is 12.9. The first kappa shape index (κ1) is 22.0. The number of aromatic nitrogens is 2. The van der Waals surface area contributed by atoms with Crippen molar-refractivity contribution >= 4 is 39.1 Å². The molecule has 2 heterocycles. The highest BCUT2D eigenvalue weighted by Crippen LogP contribution is 2.33. The van der Waals surface area contributed by atoms with Crippen molar-refractivity contribution in [3.8, 4) is 11.1 Å². The van der Waals surface area contributed by atoms with E-state index in [9.17, 15) is 14.4 Å². The molecule has 0 aliphatic heterocycles. The number of methoxy groups -OCH3 is 1. The van der Waals surface area contributed by atoms with Gasteiger partial charge in [-0.2, -0.15) is 0 Å². The number of nitrogens with one attached hydrogen (secondary N) is 1. The lowest BCUT2D eigenvalue weighted by Crippen LogP contribution is -2.27. The van der Waals surface area contributed by atoms with E-state index in [-0.39, 0.29) is 12.1 Å². The molecule has 172 valence electrons. The number of carbonyl (C=O) groups is 2. The van der Waals surface area contributed by atoms with Gasteiger partial charge in [-0.1, -0.05) is 24.3 Å². The second kappa shape index (κ2) is 9.23. The summed E-state index contributed by atoms with van der Waals surface area (Å²) in [5.74, 6) is -0.884. The number of benzene rings is 2. The van der Waals surface area contributed by atoms with E-state index in [1.165, 1.54) is 59.4 Å². The number of anilines is 1. The van der Waals surface area contributed by atoms with Crippen molar-refractivity contribution in [2.75, 3.05) is 12.4 Å². The van der Waals surface area contributed by atoms with Crippen molar-refractivity contribution in [1.82, 2.24) is 9.55 Å². The molecule has 0 saturated carbocycles. The zero-order valence-electron chi connectivity index (χ0n) is 18.7. The number of carbonyl (C=O) groups excluding carboxylic acids is 2. The molecule has 0 radical (unpaired) electrons. The summed E-state index contributed by atoms with van der Waals surface area (Å²) >= 11 is 1.43. The molecule has 8 heteroatoms. The summed E-state index contributed by atoms with van der Waals surface area (Å²) in [4.78, 5) is 42.8. The molecule has 0 saturated heterocycles. The molecule has 1 aliphatic carbocycles. The van der Waals surface area contributed by atoms with Gasteiger partial charge in [0, 0.05) is 16.6 Å². The van der Waals surface area contributed by atoms with E-state index in [1.54, 1.807) is 18.2 Å². The van der Waals surface area contributed by atoms with E-state index < -0.39 is 11.9 Å². The average Bonchev–Trinajstić information content (AvgIpc) is 3.30. The van der Waals surface area contributed by atoms with E-state index in [2.05, 4.69) is 28.5 Å². The zero-order chi connectivity index (χ0) is 23.7. The zero-order valence-corrected chi connectivity index (χ0v) is 19.5. The number of amides is 1. The van der Waals surface area contributed by atoms with Crippen LogP contribution in [0.25, 0.3) is 21.3 Å². The molecule has 2 aromatic carbocycles. The van der Waals surface area contributed by atoms with Crippen LogP contribution in [-0.4, -0.2) is 28.5 Å². The number of fused-ring (bicyclic) bond motifs is 2. The highest BCUT2D eigenvalue weighted by Gasteiger charge is 2.17. The quantitative estimate of drug-likeness (QED) is 0.433. The molecule has 0 atom stereocenters. The maximum Gasteiger partial charge on any atom is 0.337 e. The Morgan fingerprint density at radius 2 is 1.94 bits per heavy atom. The minimum atomic E-state index is -0.492. The summed E-state index contributed by atoms with van der Waals surface area (Å²) < 4.78 is 6.03. The number of hydrogen-bond acceptors (Lipinski definition) is 6. The van der Waals surface area contributed by atoms with Crippen molar-refractivity contribution < 1.29 is 14.3 Å². The SMILES string of the molecule is COC(=O)c1cccc(NC(=O)Cn2cnc3scc(-c4ccc5c(c4)CCCC5)c3c2=O)c1. The molecule has 5 rings (SSSR count). The van der Waals surface area contributed by atoms with Crippen molar-refractivity contribution in [2.45, 2.75) is 32.2 Å². The van der Waals surface area contributed by atoms with E-state index in [0.717, 1.165) is 24.0 Å². The van der Waals surface area contributed by atoms with Crippen LogP contribution < -0.4 is 10.9 Å². The Hall–Kier alpha value is -3.78. The minimum Gasteiger partial charge on any atom is -0.465 e. The van der Waals surface area contributed by atoms with Gasteiger partial charge in [0.25, 0.3) is 5.56 Å². The van der Waals surface area contributed by atoms with E-state index in [0.29, 0.717) is 21.5 Å². The fourth-order valence-electron chi connectivity index (χ4n) is 4.39. The Kier molecular flexibility index (Phi) is 5.98. The summed E-state index contributed by atoms with van der Waals surface area (Å²) in [6.07, 6.45) is 5.98. The third-order valence-corrected chi connectivity index (χ3v) is 6.99. The molecule has 1 N–H and O–H groups in total. The maximum absolute atomic E-state index is 13.3. The molecule has 0 unspecified atom stereocenters. The van der Waals surface area contributed by atoms with Crippen LogP contribution in [0.1, 0.15) is 34.3 Å². The highest BCUT2D eigenvalue weighted by atomic mass is 32.1. The van der Waals surface area contributed by atoms with Gasteiger partial charge in [-0.25, -0.2) is 9.78 Å². The third kappa shape index (κ3) is 4.24. The van der Waals surface area contributed by atoms with E-state index >= 15 is 0 Å². The molecular weight excluding hydrogens is 450 g/mol. The highest BCUT2D eigenvalue weighted by molar-refractivity contribution is 7.17. The fraction of sp³-hybridized carbons (Fsp3) is 0.231. The molecular formula is C26H23N3O4S. The number of thiophene rings is 1. The smallest absolute Gasteiger partial charge is 0.337 e. The monoisotopic (exact) mass is 473 g/mol. The summed E-state index contributed by atoms with van der Waals surface area (Å²) in [7, 11) is 1.30. The molecule has 2 aromatic heterocycles. The molecule has 0 fully saturated rings. The van der Waals surface area contributed by atoms with Crippen LogP contribution in [-0.2, 0) is 28.9 Å². The third-order valence-electron chi connectivity index (χ3n) is 6.10. The van der Waals surface area contributed by atoms with E-state index in [1.807, 2.05) is 5.38 Å². The number of rotatable bonds is 5. The molecule has 1 aliphatic rings. The molecule has 0 spiro atoms. The Balaban J connectivity index is 1.42. The van der Waals surface area contributed by atoms with Crippen LogP contribution in [0.5, 0.6) is 0 Å². The summed E-state index contributed by atoms with van der Waals surface area (Å²) in [5.41, 5.74) is 5.11. The van der Waals surface area contributed by atoms with Crippen molar-refractivity contribution in [3.63, 3.8) is 0 Å². The lowest BCUT2D eigenvalue weighted by Gasteiger charge is -2.16. The number of hydrogen-bond donors (Lipinski definition) is 1. The van der Waals surface area contributed by atoms with E-state index in [4.69, 9.17) is 4.74 Å². The van der Waals surface area contributed by atoms with Gasteiger partial charge in [0.1, 0.15) is 11.4 Å². The Bertz CT molecular complexity index is 1470. The first-order chi connectivity index (χ1) is 16.5. The molecule has 34 heavy (non-hydrogen) atoms. The van der Waals surface area contributed by atoms with Crippen molar-refractivity contribution in [3.05, 3.63) is 81.2 Å². The van der Waals surface area contributed by atoms with Gasteiger partial charge in [0.2, 0.25) is 5.91 Å². The summed E-state index contributed by atoms with van der Waals surface area (Å²) in [6, 6.07) is 12.9. The maximum atomic E-state index is 13.3. The van der Waals surface area contributed by atoms with Gasteiger partial charge in [-0.05, 0) is 60.6 Å². The molecule has 0 bridgehead atoms. The topological polar surface area (TPSA) is 90.3 Å². The van der Waals surface area contributed by atoms with Gasteiger partial charge in [0.15, 0.2) is 0 Å². The fourth-order valence-corrected chi connectivity index (χ4v) is 5.30. The van der Waals surface area contributed by atoms with Crippen LogP contribution in [0.15, 0.2) is 59.0 Å². The van der Waals surface area contributed by atoms with Crippen LogP contribution >= 0.6 is 11.3 Å². The second-order valence-electron chi connectivity index (χ2n) is 8.32. The second-order valence-corrected chi connectivity index (χ2v) is 9.18. The number of aryl methyl sites for hydroxylation is 2. The van der Waals surface area contributed by atoms with Gasteiger partial charge in [0.05, 0.1) is 24.4 Å². The number of esters is 1. The first-order valence-corrected chi connectivity index (χ1v) is 12.0. The van der Waals surface area contributed by atoms with Crippen LogP contribution in [0.2, 0.25) is 0 Å². The number of ether oxygens (including phenoxy) is 1. The average molecular weight is 474 g/mol. The van der Waals surface area contributed by atoms with Crippen LogP contribution in [0, 0.1) is 0 Å². The number of nitrogens with zero attached hydrogens (tertiary/aromatic N) is 2. The largest absolute Gasteiger partial charge is 0.465 e. The van der Waals surface area contributed by atoms with Gasteiger partial charge < -0.3 is 10.1 Å². The predicted molar refractivity (Wildman–Crippen MR) is 132 cm³/mol. The predicted octanol–water partition coefficient (Wildman–Crippen LogP) is 4.43. The molecule has 7 nitrogen and oxygen atoms in total. The summed E-state index contributed by atoms with van der Waals surface area (Å²) in [6.45, 7) is -0.191. The van der Waals surface area contributed by atoms with Crippen molar-refractivity contribution in [1.29, 1.82) is 0 Å². The Morgan fingerprint density at radius 1 is 1.12 bits per heavy atom. The lowest BCUT2D eigenvalue weighted by atomic mass is 9.89. The standard InChI is InChI=1S/C26H23N3O4S/c1-33-26(32)19-7-4-8-20(12-19)28-22(30)13-29-15-27-24-23(25(29)31)21(14-34-24)18-10-9-16-5-2-3-6-17(16)11-18/h4,7-12,14-15H,2-3,5-6,13H2,1H3,(H,28,30). The Morgan fingerprint density at radius 3 is 2.76 bits per heavy atom. The summed E-state index contributed by atoms with van der Waals surface area (Å²) in [5, 5.41) is 5.22. The van der Waals surface area contributed by atoms with Crippen LogP contribution in [0.4, 0.5) is 5.69 Å². The minimum absolute atomic E-state index is 0.191. The molecule has 1 amide bonds. The van der Waals surface area contributed by atoms with Crippen LogP contribution in [0.3, 0.4) is 0 Å². The van der Waals surface area contributed by atoms with Gasteiger partial charge in [-0.15, -0.1) is 11.3 Å². The first-order valence-electron chi connectivity index (χ1n) is 11.1. The molecule has 4 aromatic rings. The van der Waals surface area contributed by atoms with Crippen molar-refractivity contribution in [2.24, 2.45) is 0 Å². The lowest BCUT2D eigenvalue weighted by molar-refractivity contribution is -0.116. The van der Waals surface area contributed by atoms with Gasteiger partial charge in [-0.3, -0.25) is 14.2 Å².